The van der Waals surface area contributed by atoms with Gasteiger partial charge in [0.2, 0.25) is 5.91 Å². The van der Waals surface area contributed by atoms with Crippen molar-refractivity contribution in [1.82, 2.24) is 9.80 Å². The SMILES string of the molecule is CCOC(=O)C1CCN(C(=O)c2ccc(CN3C(=O)[C@H]4CCCN4C(=O)c4ccccc43)cc2)CC1. The molecule has 8 nitrogen and oxygen atoms in total. The Balaban J connectivity index is 1.29. The fourth-order valence-electron chi connectivity index (χ4n) is 5.47. The Morgan fingerprint density at radius 3 is 2.39 bits per heavy atom. The number of hydrogen-bond donors (Lipinski definition) is 0. The topological polar surface area (TPSA) is 87.2 Å². The molecule has 5 rings (SSSR count). The molecule has 1 atom stereocenters. The summed E-state index contributed by atoms with van der Waals surface area (Å²) in [5.41, 5.74) is 2.64. The van der Waals surface area contributed by atoms with Crippen LogP contribution in [0.15, 0.2) is 48.5 Å². The minimum absolute atomic E-state index is 0.0598. The summed E-state index contributed by atoms with van der Waals surface area (Å²) in [6.07, 6.45) is 2.72. The van der Waals surface area contributed by atoms with Gasteiger partial charge in [-0.25, -0.2) is 0 Å². The molecule has 0 unspecified atom stereocenters. The third kappa shape index (κ3) is 4.47. The summed E-state index contributed by atoms with van der Waals surface area (Å²) in [7, 11) is 0. The van der Waals surface area contributed by atoms with Gasteiger partial charge in [-0.05, 0) is 62.4 Å². The molecular weight excluding hydrogens is 458 g/mol. The fourth-order valence-corrected chi connectivity index (χ4v) is 5.47. The second-order valence-corrected chi connectivity index (χ2v) is 9.61. The van der Waals surface area contributed by atoms with E-state index in [1.807, 2.05) is 30.3 Å². The number of para-hydroxylation sites is 1. The maximum Gasteiger partial charge on any atom is 0.309 e. The average molecular weight is 490 g/mol. The molecule has 36 heavy (non-hydrogen) atoms. The number of hydrogen-bond acceptors (Lipinski definition) is 5. The number of ether oxygens (including phenoxy) is 1. The molecule has 8 heteroatoms. The molecule has 188 valence electrons. The van der Waals surface area contributed by atoms with E-state index in [2.05, 4.69) is 0 Å². The van der Waals surface area contributed by atoms with Gasteiger partial charge in [0, 0.05) is 25.2 Å². The number of rotatable bonds is 5. The highest BCUT2D eigenvalue weighted by atomic mass is 16.5. The Bertz CT molecular complexity index is 1170. The van der Waals surface area contributed by atoms with Crippen molar-refractivity contribution in [2.45, 2.75) is 45.2 Å². The molecule has 3 aliphatic rings. The minimum Gasteiger partial charge on any atom is -0.466 e. The minimum atomic E-state index is -0.428. The van der Waals surface area contributed by atoms with E-state index in [-0.39, 0.29) is 29.6 Å². The van der Waals surface area contributed by atoms with Gasteiger partial charge in [-0.2, -0.15) is 0 Å². The summed E-state index contributed by atoms with van der Waals surface area (Å²) < 4.78 is 5.11. The molecule has 0 spiro atoms. The predicted molar refractivity (Wildman–Crippen MR) is 133 cm³/mol. The van der Waals surface area contributed by atoms with E-state index in [0.29, 0.717) is 68.9 Å². The number of piperidine rings is 1. The zero-order valence-electron chi connectivity index (χ0n) is 20.5. The first-order valence-electron chi connectivity index (χ1n) is 12.7. The molecule has 2 aromatic carbocycles. The maximum absolute atomic E-state index is 13.5. The summed E-state index contributed by atoms with van der Waals surface area (Å²) in [6.45, 7) is 4.14. The predicted octanol–water partition coefficient (Wildman–Crippen LogP) is 3.25. The molecule has 2 fully saturated rings. The first-order valence-corrected chi connectivity index (χ1v) is 12.7. The van der Waals surface area contributed by atoms with Crippen molar-refractivity contribution in [3.63, 3.8) is 0 Å². The summed E-state index contributed by atoms with van der Waals surface area (Å²) in [4.78, 5) is 56.8. The monoisotopic (exact) mass is 489 g/mol. The molecule has 3 aliphatic heterocycles. The van der Waals surface area contributed by atoms with Crippen LogP contribution in [-0.2, 0) is 20.9 Å². The summed E-state index contributed by atoms with van der Waals surface area (Å²) >= 11 is 0. The molecule has 0 aliphatic carbocycles. The van der Waals surface area contributed by atoms with Crippen LogP contribution in [0.4, 0.5) is 5.69 Å². The molecule has 3 heterocycles. The molecule has 0 radical (unpaired) electrons. The zero-order chi connectivity index (χ0) is 25.2. The standard InChI is InChI=1S/C28H31N3O5/c1-2-36-28(35)21-13-16-29(17-14-21)25(32)20-11-9-19(10-12-20)18-31-23-7-4-3-6-22(23)26(33)30-15-5-8-24(30)27(31)34/h3-4,6-7,9-12,21,24H,2,5,8,13-18H2,1H3/t24-/m1/s1. The van der Waals surface area contributed by atoms with Gasteiger partial charge in [-0.15, -0.1) is 0 Å². The first-order chi connectivity index (χ1) is 17.5. The number of anilines is 1. The van der Waals surface area contributed by atoms with Crippen LogP contribution < -0.4 is 4.90 Å². The normalized spacial score (nSPS) is 20.1. The highest BCUT2D eigenvalue weighted by Gasteiger charge is 2.41. The number of likely N-dealkylation sites (tertiary alicyclic amines) is 1. The van der Waals surface area contributed by atoms with Gasteiger partial charge < -0.3 is 19.4 Å². The van der Waals surface area contributed by atoms with E-state index < -0.39 is 6.04 Å². The van der Waals surface area contributed by atoms with Gasteiger partial charge in [0.15, 0.2) is 0 Å². The van der Waals surface area contributed by atoms with E-state index in [9.17, 15) is 19.2 Å². The molecule has 2 saturated heterocycles. The summed E-state index contributed by atoms with van der Waals surface area (Å²) in [5.74, 6) is -0.534. The van der Waals surface area contributed by atoms with Crippen molar-refractivity contribution in [1.29, 1.82) is 0 Å². The zero-order valence-corrected chi connectivity index (χ0v) is 20.5. The number of carbonyl (C=O) groups excluding carboxylic acids is 4. The van der Waals surface area contributed by atoms with Crippen molar-refractivity contribution in [3.05, 3.63) is 65.2 Å². The molecule has 0 bridgehead atoms. The van der Waals surface area contributed by atoms with Crippen LogP contribution in [0, 0.1) is 5.92 Å². The van der Waals surface area contributed by atoms with Crippen LogP contribution in [-0.4, -0.2) is 65.8 Å². The van der Waals surface area contributed by atoms with Crippen molar-refractivity contribution in [2.75, 3.05) is 31.1 Å². The van der Waals surface area contributed by atoms with Crippen molar-refractivity contribution in [3.8, 4) is 0 Å². The molecule has 2 aromatic rings. The highest BCUT2D eigenvalue weighted by Crippen LogP contribution is 2.33. The largest absolute Gasteiger partial charge is 0.466 e. The average Bonchev–Trinajstić information content (AvgIpc) is 3.39. The van der Waals surface area contributed by atoms with E-state index in [1.165, 1.54) is 0 Å². The van der Waals surface area contributed by atoms with Crippen molar-refractivity contribution < 1.29 is 23.9 Å². The van der Waals surface area contributed by atoms with Crippen molar-refractivity contribution in [2.24, 2.45) is 5.92 Å². The van der Waals surface area contributed by atoms with E-state index in [1.54, 1.807) is 39.8 Å². The lowest BCUT2D eigenvalue weighted by Gasteiger charge is -2.31. The second-order valence-electron chi connectivity index (χ2n) is 9.61. The summed E-state index contributed by atoms with van der Waals surface area (Å²) in [6, 6.07) is 14.2. The van der Waals surface area contributed by atoms with Gasteiger partial charge in [0.05, 0.1) is 30.3 Å². The Kier molecular flexibility index (Phi) is 6.76. The van der Waals surface area contributed by atoms with Gasteiger partial charge >= 0.3 is 5.97 Å². The van der Waals surface area contributed by atoms with Gasteiger partial charge in [-0.1, -0.05) is 24.3 Å². The third-order valence-corrected chi connectivity index (χ3v) is 7.43. The number of amides is 3. The lowest BCUT2D eigenvalue weighted by molar-refractivity contribution is -0.149. The Labute approximate surface area is 210 Å². The van der Waals surface area contributed by atoms with E-state index in [0.717, 1.165) is 12.0 Å². The lowest BCUT2D eigenvalue weighted by Crippen LogP contribution is -2.44. The Morgan fingerprint density at radius 1 is 0.944 bits per heavy atom. The number of fused-ring (bicyclic) bond motifs is 2. The smallest absolute Gasteiger partial charge is 0.309 e. The molecular formula is C28H31N3O5. The fraction of sp³-hybridized carbons (Fsp3) is 0.429. The molecule has 0 aromatic heterocycles. The highest BCUT2D eigenvalue weighted by molar-refractivity contribution is 6.11. The molecule has 0 saturated carbocycles. The van der Waals surface area contributed by atoms with Crippen molar-refractivity contribution >= 4 is 29.4 Å². The number of benzene rings is 2. The molecule has 3 amide bonds. The van der Waals surface area contributed by atoms with Crippen LogP contribution in [0.3, 0.4) is 0 Å². The van der Waals surface area contributed by atoms with Crippen LogP contribution in [0.1, 0.15) is 58.9 Å². The Hall–Kier alpha value is -3.68. The maximum atomic E-state index is 13.5. The van der Waals surface area contributed by atoms with Crippen LogP contribution in [0.25, 0.3) is 0 Å². The van der Waals surface area contributed by atoms with Crippen LogP contribution in [0.5, 0.6) is 0 Å². The van der Waals surface area contributed by atoms with E-state index in [4.69, 9.17) is 4.74 Å². The van der Waals surface area contributed by atoms with Gasteiger partial charge in [-0.3, -0.25) is 19.2 Å². The second kappa shape index (κ2) is 10.1. The van der Waals surface area contributed by atoms with E-state index >= 15 is 0 Å². The summed E-state index contributed by atoms with van der Waals surface area (Å²) in [5, 5.41) is 0. The first kappa shape index (κ1) is 24.0. The van der Waals surface area contributed by atoms with Gasteiger partial charge in [0.1, 0.15) is 6.04 Å². The number of esters is 1. The quantitative estimate of drug-likeness (QED) is 0.602. The number of carbonyl (C=O) groups is 4. The van der Waals surface area contributed by atoms with Crippen LogP contribution in [0.2, 0.25) is 0 Å². The molecule has 0 N–H and O–H groups in total. The number of nitrogens with zero attached hydrogens (tertiary/aromatic N) is 3. The lowest BCUT2D eigenvalue weighted by atomic mass is 9.96. The van der Waals surface area contributed by atoms with Gasteiger partial charge in [0.25, 0.3) is 11.8 Å². The third-order valence-electron chi connectivity index (χ3n) is 7.43. The Morgan fingerprint density at radius 2 is 1.67 bits per heavy atom. The van der Waals surface area contributed by atoms with Crippen LogP contribution >= 0.6 is 0 Å².